The first-order chi connectivity index (χ1) is 9.45. The molecule has 0 unspecified atom stereocenters. The maximum atomic E-state index is 11.7. The summed E-state index contributed by atoms with van der Waals surface area (Å²) in [6, 6.07) is 1.61. The Balaban J connectivity index is 1.90. The van der Waals surface area contributed by atoms with E-state index in [0.29, 0.717) is 5.69 Å². The smallest absolute Gasteiger partial charge is 0.276 e. The maximum absolute atomic E-state index is 11.7. The molecule has 0 fully saturated rings. The summed E-state index contributed by atoms with van der Waals surface area (Å²) in [4.78, 5) is 29.5. The van der Waals surface area contributed by atoms with Crippen LogP contribution in [0.4, 0.5) is 0 Å². The number of carbonyl (C=O) groups excluding carboxylic acids is 2. The monoisotopic (exact) mass is 341 g/mol. The standard InChI is InChI=1S/C11H12BrN5O3/c12-5-1-7(14-3-5)9(19)15-4-6(18)2-8-10(20)17-11(13)16-8/h1-3,6,14,18H,4H2,(H,15,19)(H3,13,16,17,20)/b8-2+/t6-/m0/s1. The molecule has 0 radical (unpaired) electrons. The molecule has 0 saturated carbocycles. The number of hydrogen-bond acceptors (Lipinski definition) is 5. The van der Waals surface area contributed by atoms with Gasteiger partial charge in [0.05, 0.1) is 6.10 Å². The highest BCUT2D eigenvalue weighted by atomic mass is 79.9. The lowest BCUT2D eigenvalue weighted by Crippen LogP contribution is -2.32. The minimum Gasteiger partial charge on any atom is -0.387 e. The minimum absolute atomic E-state index is 0.0197. The van der Waals surface area contributed by atoms with Crippen molar-refractivity contribution in [2.45, 2.75) is 6.10 Å². The van der Waals surface area contributed by atoms with Crippen LogP contribution < -0.4 is 16.4 Å². The Labute approximate surface area is 122 Å². The van der Waals surface area contributed by atoms with Crippen molar-refractivity contribution in [1.29, 1.82) is 0 Å². The van der Waals surface area contributed by atoms with Gasteiger partial charge in [0.2, 0.25) is 5.96 Å². The Bertz CT molecular complexity index is 607. The van der Waals surface area contributed by atoms with Gasteiger partial charge in [0, 0.05) is 17.2 Å². The fourth-order valence-corrected chi connectivity index (χ4v) is 1.88. The number of amides is 2. The molecule has 1 aromatic rings. The molecule has 20 heavy (non-hydrogen) atoms. The van der Waals surface area contributed by atoms with Gasteiger partial charge >= 0.3 is 0 Å². The molecule has 0 bridgehead atoms. The molecule has 2 heterocycles. The average Bonchev–Trinajstić information content (AvgIpc) is 2.93. The predicted octanol–water partition coefficient (Wildman–Crippen LogP) is -0.804. The van der Waals surface area contributed by atoms with E-state index in [0.717, 1.165) is 4.47 Å². The summed E-state index contributed by atoms with van der Waals surface area (Å²) in [5, 5.41) is 14.5. The van der Waals surface area contributed by atoms with E-state index in [1.54, 1.807) is 12.3 Å². The lowest BCUT2D eigenvalue weighted by atomic mass is 10.2. The molecule has 0 aromatic carbocycles. The van der Waals surface area contributed by atoms with E-state index in [-0.39, 0.29) is 24.1 Å². The molecule has 106 valence electrons. The number of aliphatic imine (C=N–C) groups is 1. The van der Waals surface area contributed by atoms with Crippen molar-refractivity contribution in [3.05, 3.63) is 34.2 Å². The number of H-pyrrole nitrogens is 1. The van der Waals surface area contributed by atoms with Crippen LogP contribution in [-0.2, 0) is 4.79 Å². The zero-order valence-electron chi connectivity index (χ0n) is 10.2. The quantitative estimate of drug-likeness (QED) is 0.458. The number of aliphatic hydroxyl groups excluding tert-OH is 1. The number of halogens is 1. The molecule has 2 rings (SSSR count). The summed E-state index contributed by atoms with van der Waals surface area (Å²) in [7, 11) is 0. The van der Waals surface area contributed by atoms with Crippen LogP contribution in [0, 0.1) is 0 Å². The maximum Gasteiger partial charge on any atom is 0.276 e. The number of rotatable bonds is 4. The first kappa shape index (κ1) is 14.3. The Morgan fingerprint density at radius 1 is 1.65 bits per heavy atom. The van der Waals surface area contributed by atoms with Crippen molar-refractivity contribution in [1.82, 2.24) is 15.6 Å². The number of hydrogen-bond donors (Lipinski definition) is 5. The molecule has 1 atom stereocenters. The Morgan fingerprint density at radius 2 is 2.40 bits per heavy atom. The van der Waals surface area contributed by atoms with Gasteiger partial charge in [0.1, 0.15) is 11.4 Å². The summed E-state index contributed by atoms with van der Waals surface area (Å²) in [6.07, 6.45) is 1.79. The van der Waals surface area contributed by atoms with Crippen LogP contribution in [0.15, 0.2) is 33.5 Å². The zero-order valence-corrected chi connectivity index (χ0v) is 11.8. The fraction of sp³-hybridized carbons (Fsp3) is 0.182. The number of nitrogens with two attached hydrogens (primary N) is 1. The van der Waals surface area contributed by atoms with E-state index in [4.69, 9.17) is 5.73 Å². The lowest BCUT2D eigenvalue weighted by Gasteiger charge is -2.07. The van der Waals surface area contributed by atoms with Crippen molar-refractivity contribution >= 4 is 33.7 Å². The second-order valence-electron chi connectivity index (χ2n) is 4.01. The van der Waals surface area contributed by atoms with Crippen molar-refractivity contribution in [2.75, 3.05) is 6.54 Å². The van der Waals surface area contributed by atoms with E-state index in [9.17, 15) is 14.7 Å². The van der Waals surface area contributed by atoms with Crippen molar-refractivity contribution < 1.29 is 14.7 Å². The second kappa shape index (κ2) is 5.88. The molecule has 8 nitrogen and oxygen atoms in total. The van der Waals surface area contributed by atoms with Gasteiger partial charge in [0.15, 0.2) is 0 Å². The van der Waals surface area contributed by atoms with Gasteiger partial charge in [-0.2, -0.15) is 0 Å². The second-order valence-corrected chi connectivity index (χ2v) is 4.93. The number of nitrogens with zero attached hydrogens (tertiary/aromatic N) is 1. The van der Waals surface area contributed by atoms with Crippen molar-refractivity contribution in [2.24, 2.45) is 10.7 Å². The molecule has 0 saturated heterocycles. The largest absolute Gasteiger partial charge is 0.387 e. The third-order valence-corrected chi connectivity index (χ3v) is 2.89. The molecule has 0 spiro atoms. The average molecular weight is 342 g/mol. The first-order valence-electron chi connectivity index (χ1n) is 5.63. The molecule has 1 aliphatic heterocycles. The van der Waals surface area contributed by atoms with Crippen molar-refractivity contribution in [3.8, 4) is 0 Å². The van der Waals surface area contributed by atoms with Gasteiger partial charge in [-0.1, -0.05) is 0 Å². The number of nitrogens with one attached hydrogen (secondary N) is 3. The van der Waals surface area contributed by atoms with E-state index in [1.165, 1.54) is 6.08 Å². The fourth-order valence-electron chi connectivity index (χ4n) is 1.53. The zero-order chi connectivity index (χ0) is 14.7. The highest BCUT2D eigenvalue weighted by molar-refractivity contribution is 9.10. The molecule has 1 aromatic heterocycles. The van der Waals surface area contributed by atoms with Gasteiger partial charge in [-0.05, 0) is 28.1 Å². The van der Waals surface area contributed by atoms with Gasteiger partial charge in [-0.15, -0.1) is 0 Å². The van der Waals surface area contributed by atoms with Gasteiger partial charge in [-0.25, -0.2) is 4.99 Å². The van der Waals surface area contributed by atoms with Gasteiger partial charge in [-0.3, -0.25) is 14.9 Å². The van der Waals surface area contributed by atoms with Crippen LogP contribution in [0.2, 0.25) is 0 Å². The number of aliphatic hydroxyl groups is 1. The highest BCUT2D eigenvalue weighted by Gasteiger charge is 2.19. The third-order valence-electron chi connectivity index (χ3n) is 2.43. The summed E-state index contributed by atoms with van der Waals surface area (Å²) in [5.41, 5.74) is 5.69. The normalized spacial score (nSPS) is 17.8. The molecule has 9 heteroatoms. The summed E-state index contributed by atoms with van der Waals surface area (Å²) in [5.74, 6) is -0.873. The third kappa shape index (κ3) is 3.45. The minimum atomic E-state index is -1.05. The highest BCUT2D eigenvalue weighted by Crippen LogP contribution is 2.10. The molecular weight excluding hydrogens is 330 g/mol. The summed E-state index contributed by atoms with van der Waals surface area (Å²) < 4.78 is 0.748. The Hall–Kier alpha value is -2.13. The van der Waals surface area contributed by atoms with Crippen LogP contribution in [-0.4, -0.2) is 40.5 Å². The topological polar surface area (TPSA) is 133 Å². The lowest BCUT2D eigenvalue weighted by molar-refractivity contribution is -0.115. The first-order valence-corrected chi connectivity index (χ1v) is 6.42. The van der Waals surface area contributed by atoms with E-state index >= 15 is 0 Å². The molecule has 2 amide bonds. The Kier molecular flexibility index (Phi) is 4.20. The molecular formula is C11H12BrN5O3. The number of aromatic nitrogens is 1. The summed E-state index contributed by atoms with van der Waals surface area (Å²) >= 11 is 3.21. The van der Waals surface area contributed by atoms with E-state index in [1.807, 2.05) is 0 Å². The number of carbonyl (C=O) groups is 2. The number of aromatic amines is 1. The van der Waals surface area contributed by atoms with E-state index < -0.39 is 12.0 Å². The van der Waals surface area contributed by atoms with Crippen LogP contribution >= 0.6 is 15.9 Å². The molecule has 0 aliphatic carbocycles. The predicted molar refractivity (Wildman–Crippen MR) is 74.7 cm³/mol. The summed E-state index contributed by atoms with van der Waals surface area (Å²) in [6.45, 7) is -0.0539. The molecule has 1 aliphatic rings. The van der Waals surface area contributed by atoms with Crippen LogP contribution in [0.1, 0.15) is 10.5 Å². The van der Waals surface area contributed by atoms with Crippen LogP contribution in [0.5, 0.6) is 0 Å². The van der Waals surface area contributed by atoms with Crippen LogP contribution in [0.25, 0.3) is 0 Å². The molecule has 6 N–H and O–H groups in total. The number of guanidine groups is 1. The van der Waals surface area contributed by atoms with E-state index in [2.05, 4.69) is 36.5 Å². The SMILES string of the molecule is NC1=N/C(=C/[C@H](O)CNC(=O)c2cc(Br)c[nH]2)C(=O)N1. The Morgan fingerprint density at radius 3 is 2.95 bits per heavy atom. The van der Waals surface area contributed by atoms with Gasteiger partial charge in [0.25, 0.3) is 11.8 Å². The van der Waals surface area contributed by atoms with Crippen LogP contribution in [0.3, 0.4) is 0 Å². The van der Waals surface area contributed by atoms with Crippen molar-refractivity contribution in [3.63, 3.8) is 0 Å². The van der Waals surface area contributed by atoms with Gasteiger partial charge < -0.3 is 21.1 Å².